The minimum atomic E-state index is -2.47. The number of carbonyl (C=O) groups is 3. The lowest BCUT2D eigenvalue weighted by Crippen LogP contribution is -2.79. The summed E-state index contributed by atoms with van der Waals surface area (Å²) in [5, 5.41) is 10.4. The Hall–Kier alpha value is -3.22. The number of benzene rings is 1. The molecule has 196 valence electrons. The molecule has 2 saturated carbocycles. The molecule has 0 saturated heterocycles. The number of hydrogen-bond donors (Lipinski definition) is 1. The van der Waals surface area contributed by atoms with Gasteiger partial charge < -0.3 is 24.1 Å². The summed E-state index contributed by atoms with van der Waals surface area (Å²) in [7, 11) is 2.54. The van der Waals surface area contributed by atoms with Crippen molar-refractivity contribution < 1.29 is 38.4 Å². The average molecular weight is 529 g/mol. The number of ketones is 1. The van der Waals surface area contributed by atoms with Crippen LogP contribution < -0.4 is 4.74 Å². The van der Waals surface area contributed by atoms with Crippen LogP contribution in [0.25, 0.3) is 0 Å². The van der Waals surface area contributed by atoms with Crippen LogP contribution in [0, 0.1) is 17.8 Å². The first kappa shape index (κ1) is 25.4. The normalized spacial score (nSPS) is 34.1. The molecule has 2 bridgehead atoms. The number of aryl methyl sites for hydroxylation is 1. The van der Waals surface area contributed by atoms with Crippen molar-refractivity contribution in [2.45, 2.75) is 63.0 Å². The van der Waals surface area contributed by atoms with Crippen molar-refractivity contribution in [1.29, 1.82) is 0 Å². The number of fused-ring (bicyclic) bond motifs is 2. The van der Waals surface area contributed by atoms with Gasteiger partial charge in [-0.25, -0.2) is 4.79 Å². The van der Waals surface area contributed by atoms with Gasteiger partial charge in [0, 0.05) is 5.41 Å². The Morgan fingerprint density at radius 2 is 1.86 bits per heavy atom. The van der Waals surface area contributed by atoms with E-state index in [0.717, 1.165) is 37.7 Å². The SMILES string of the molecule is COC(=O)[C@@]12C=C(OC)[C@@](Cl)(C(=O)C13OC(=O)c1c(O)cc(C)cc1O3)[C@](C)(C=C=C1CCCCC1)C2. The first-order valence-corrected chi connectivity index (χ1v) is 12.7. The van der Waals surface area contributed by atoms with Gasteiger partial charge in [-0.2, -0.15) is 0 Å². The maximum atomic E-state index is 14.5. The number of rotatable bonds is 3. The summed E-state index contributed by atoms with van der Waals surface area (Å²) in [5.41, 5.74) is 1.69. The topological polar surface area (TPSA) is 108 Å². The van der Waals surface area contributed by atoms with Gasteiger partial charge in [-0.15, -0.1) is 17.3 Å². The standard InChI is InChI=1S/C28H29ClO8/c1-16-12-18(30)21-19(13-16)36-28(37-22(21)31)23(32)27(29)20(34-3)14-26(28,24(33)35-4)15-25(27,2)11-10-17-8-6-5-7-9-17/h11-14,30H,5-9,15H2,1-4H3/t25-,26+,27-,28?/m1/s1. The number of alkyl halides is 1. The smallest absolute Gasteiger partial charge is 0.349 e. The van der Waals surface area contributed by atoms with Crippen molar-refractivity contribution >= 4 is 29.3 Å². The largest absolute Gasteiger partial charge is 0.507 e. The van der Waals surface area contributed by atoms with Gasteiger partial charge in [0.2, 0.25) is 5.78 Å². The van der Waals surface area contributed by atoms with E-state index in [1.165, 1.54) is 32.4 Å². The summed E-state index contributed by atoms with van der Waals surface area (Å²) in [5.74, 6) is -5.63. The molecule has 1 spiro atoms. The number of hydrogen-bond acceptors (Lipinski definition) is 8. The molecule has 4 atom stereocenters. The van der Waals surface area contributed by atoms with Crippen molar-refractivity contribution in [2.24, 2.45) is 10.8 Å². The predicted molar refractivity (Wildman–Crippen MR) is 132 cm³/mol. The van der Waals surface area contributed by atoms with Gasteiger partial charge in [-0.1, -0.05) is 13.3 Å². The van der Waals surface area contributed by atoms with Crippen LogP contribution >= 0.6 is 11.6 Å². The van der Waals surface area contributed by atoms with Crippen molar-refractivity contribution in [3.8, 4) is 11.5 Å². The Balaban J connectivity index is 1.76. The number of phenols is 1. The lowest BCUT2D eigenvalue weighted by atomic mass is 9.49. The maximum Gasteiger partial charge on any atom is 0.349 e. The summed E-state index contributed by atoms with van der Waals surface area (Å²) in [6.45, 7) is 3.44. The molecule has 1 aromatic carbocycles. The molecule has 1 heterocycles. The molecule has 6 rings (SSSR count). The molecule has 1 unspecified atom stereocenters. The van der Waals surface area contributed by atoms with E-state index >= 15 is 0 Å². The van der Waals surface area contributed by atoms with Gasteiger partial charge in [0.05, 0.1) is 14.2 Å². The predicted octanol–water partition coefficient (Wildman–Crippen LogP) is 4.65. The van der Waals surface area contributed by atoms with Crippen LogP contribution in [-0.4, -0.2) is 47.7 Å². The van der Waals surface area contributed by atoms with Gasteiger partial charge in [-0.05, 0) is 74.4 Å². The van der Waals surface area contributed by atoms with Gasteiger partial charge in [0.25, 0.3) is 0 Å². The van der Waals surface area contributed by atoms with Crippen molar-refractivity contribution in [3.63, 3.8) is 0 Å². The highest BCUT2D eigenvalue weighted by Crippen LogP contribution is 2.67. The molecule has 0 aromatic heterocycles. The van der Waals surface area contributed by atoms with Gasteiger partial charge in [-0.3, -0.25) is 9.59 Å². The molecule has 0 radical (unpaired) electrons. The maximum absolute atomic E-state index is 14.5. The zero-order valence-corrected chi connectivity index (χ0v) is 22.0. The molecule has 37 heavy (non-hydrogen) atoms. The van der Waals surface area contributed by atoms with E-state index in [2.05, 4.69) is 5.73 Å². The van der Waals surface area contributed by atoms with E-state index in [0.29, 0.717) is 5.56 Å². The van der Waals surface area contributed by atoms with Crippen molar-refractivity contribution in [3.05, 3.63) is 52.5 Å². The van der Waals surface area contributed by atoms with Gasteiger partial charge in [0.15, 0.2) is 10.3 Å². The number of ether oxygens (including phenoxy) is 4. The Morgan fingerprint density at radius 1 is 1.16 bits per heavy atom. The third-order valence-corrected chi connectivity index (χ3v) is 8.88. The number of Topliss-reactive ketones (excluding diaryl/α,β-unsaturated/α-hetero) is 1. The van der Waals surface area contributed by atoms with Crippen LogP contribution in [0.1, 0.15) is 61.4 Å². The molecule has 8 nitrogen and oxygen atoms in total. The third-order valence-electron chi connectivity index (χ3n) is 8.09. The highest BCUT2D eigenvalue weighted by molar-refractivity contribution is 6.41. The molecule has 1 N–H and O–H groups in total. The minimum absolute atomic E-state index is 0.0353. The molecule has 0 amide bonds. The molecular weight excluding hydrogens is 500 g/mol. The van der Waals surface area contributed by atoms with E-state index in [-0.39, 0.29) is 29.2 Å². The Morgan fingerprint density at radius 3 is 2.51 bits per heavy atom. The summed E-state index contributed by atoms with van der Waals surface area (Å²) >= 11 is 7.21. The molecule has 4 aliphatic carbocycles. The summed E-state index contributed by atoms with van der Waals surface area (Å²) in [6.07, 6.45) is 8.11. The summed E-state index contributed by atoms with van der Waals surface area (Å²) < 4.78 is 22.6. The van der Waals surface area contributed by atoms with E-state index in [1.54, 1.807) is 19.9 Å². The van der Waals surface area contributed by atoms with E-state index in [1.807, 2.05) is 0 Å². The van der Waals surface area contributed by atoms with Crippen molar-refractivity contribution in [2.75, 3.05) is 14.2 Å². The fraction of sp³-hybridized carbons (Fsp3) is 0.500. The monoisotopic (exact) mass is 528 g/mol. The van der Waals surface area contributed by atoms with Crippen LogP contribution in [0.5, 0.6) is 11.5 Å². The summed E-state index contributed by atoms with van der Waals surface area (Å²) in [6, 6.07) is 2.87. The molecular formula is C28H29ClO8. The second-order valence-electron chi connectivity index (χ2n) is 10.5. The fourth-order valence-electron chi connectivity index (χ4n) is 6.20. The molecule has 5 aliphatic rings. The number of allylic oxidation sites excluding steroid dienone is 2. The third kappa shape index (κ3) is 3.25. The van der Waals surface area contributed by atoms with E-state index in [9.17, 15) is 19.5 Å². The highest BCUT2D eigenvalue weighted by Gasteiger charge is 2.83. The quantitative estimate of drug-likeness (QED) is 0.343. The lowest BCUT2D eigenvalue weighted by molar-refractivity contribution is -0.244. The van der Waals surface area contributed by atoms with Gasteiger partial charge >= 0.3 is 17.7 Å². The lowest BCUT2D eigenvalue weighted by Gasteiger charge is -2.61. The Bertz CT molecular complexity index is 1320. The first-order valence-electron chi connectivity index (χ1n) is 12.3. The van der Waals surface area contributed by atoms with E-state index < -0.39 is 39.2 Å². The van der Waals surface area contributed by atoms with E-state index in [4.69, 9.17) is 30.5 Å². The second kappa shape index (κ2) is 8.40. The molecule has 1 aliphatic heterocycles. The Labute approximate surface area is 219 Å². The van der Waals surface area contributed by atoms with Crippen LogP contribution in [0.4, 0.5) is 0 Å². The minimum Gasteiger partial charge on any atom is -0.507 e. The fourth-order valence-corrected chi connectivity index (χ4v) is 6.58. The molecule has 2 fully saturated rings. The van der Waals surface area contributed by atoms with Crippen LogP contribution in [0.3, 0.4) is 0 Å². The molecule has 1 aromatic rings. The zero-order valence-electron chi connectivity index (χ0n) is 21.2. The number of carbonyl (C=O) groups excluding carboxylic acids is 3. The zero-order chi connectivity index (χ0) is 26.8. The van der Waals surface area contributed by atoms with Crippen LogP contribution in [-0.2, 0) is 23.8 Å². The first-order chi connectivity index (χ1) is 17.5. The second-order valence-corrected chi connectivity index (χ2v) is 11.0. The highest BCUT2D eigenvalue weighted by atomic mass is 35.5. The number of halogens is 1. The number of methoxy groups -OCH3 is 2. The van der Waals surface area contributed by atoms with Gasteiger partial charge in [0.1, 0.15) is 22.8 Å². The summed E-state index contributed by atoms with van der Waals surface area (Å²) in [4.78, 5) is 39.4. The van der Waals surface area contributed by atoms with Crippen LogP contribution in [0.2, 0.25) is 0 Å². The number of aromatic hydroxyl groups is 1. The van der Waals surface area contributed by atoms with Crippen LogP contribution in [0.15, 0.2) is 41.3 Å². The molecule has 9 heteroatoms. The number of esters is 2. The van der Waals surface area contributed by atoms with Crippen molar-refractivity contribution in [1.82, 2.24) is 0 Å². The number of phenolic OH excluding ortho intramolecular Hbond substituents is 1. The average Bonchev–Trinajstić information content (AvgIpc) is 2.87. The Kier molecular flexibility index (Phi) is 5.77.